The summed E-state index contributed by atoms with van der Waals surface area (Å²) in [5.74, 6) is -0.00829. The smallest absolute Gasteiger partial charge is 0.282 e. The molecular weight excluding hydrogens is 401 g/mol. The number of nitrogens with two attached hydrogens (primary N) is 1. The van der Waals surface area contributed by atoms with Crippen molar-refractivity contribution in [3.63, 3.8) is 0 Å². The first-order chi connectivity index (χ1) is 14.3. The van der Waals surface area contributed by atoms with Gasteiger partial charge in [0.05, 0.1) is 17.3 Å². The second-order valence-corrected chi connectivity index (χ2v) is 8.53. The van der Waals surface area contributed by atoms with Gasteiger partial charge in [0.2, 0.25) is 0 Å². The first kappa shape index (κ1) is 20.9. The van der Waals surface area contributed by atoms with E-state index in [0.29, 0.717) is 11.0 Å². The van der Waals surface area contributed by atoms with Crippen LogP contribution in [0.5, 0.6) is 5.75 Å². The van der Waals surface area contributed by atoms with E-state index in [9.17, 15) is 20.1 Å². The Bertz CT molecular complexity index is 1130. The molecule has 8 nitrogen and oxygen atoms in total. The molecule has 0 radical (unpaired) electrons. The number of aromatic hydroxyl groups is 1. The number of amides is 1. The van der Waals surface area contributed by atoms with Crippen LogP contribution in [-0.2, 0) is 4.79 Å². The molecule has 1 amide bonds. The minimum atomic E-state index is -1.11. The Kier molecular flexibility index (Phi) is 6.05. The van der Waals surface area contributed by atoms with Gasteiger partial charge >= 0.3 is 0 Å². The number of carbonyl (C=O) groups excluding carboxylic acids is 1. The number of allylic oxidation sites excluding steroid dienone is 1. The molecule has 9 heteroatoms. The minimum Gasteiger partial charge on any atom is -0.508 e. The number of nitriles is 1. The summed E-state index contributed by atoms with van der Waals surface area (Å²) in [5, 5.41) is 22.6. The van der Waals surface area contributed by atoms with Gasteiger partial charge in [-0.1, -0.05) is 24.3 Å². The van der Waals surface area contributed by atoms with Gasteiger partial charge in [0, 0.05) is 6.20 Å². The van der Waals surface area contributed by atoms with Crippen molar-refractivity contribution in [2.75, 3.05) is 6.66 Å². The maximum atomic E-state index is 13.1. The third-order valence-corrected chi connectivity index (χ3v) is 6.48. The lowest BCUT2D eigenvalue weighted by atomic mass is 10.1. The summed E-state index contributed by atoms with van der Waals surface area (Å²) in [4.78, 5) is 29.5. The maximum Gasteiger partial charge on any atom is 0.282 e. The van der Waals surface area contributed by atoms with Crippen LogP contribution in [0.2, 0.25) is 0 Å². The molecular formula is C21H18N5O3P. The molecule has 2 aromatic rings. The molecule has 0 spiro atoms. The van der Waals surface area contributed by atoms with Crippen molar-refractivity contribution in [3.05, 3.63) is 76.6 Å². The van der Waals surface area contributed by atoms with E-state index < -0.39 is 7.92 Å². The van der Waals surface area contributed by atoms with Crippen molar-refractivity contribution < 1.29 is 9.90 Å². The van der Waals surface area contributed by atoms with E-state index in [4.69, 9.17) is 5.73 Å². The molecule has 2 aromatic carbocycles. The van der Waals surface area contributed by atoms with Crippen LogP contribution < -0.4 is 11.0 Å². The highest BCUT2D eigenvalue weighted by Gasteiger charge is 2.34. The molecule has 1 atom stereocenters. The third-order valence-electron chi connectivity index (χ3n) is 4.48. The van der Waals surface area contributed by atoms with Gasteiger partial charge in [-0.05, 0) is 61.8 Å². The highest BCUT2D eigenvalue weighted by atomic mass is 31.1. The fourth-order valence-electron chi connectivity index (χ4n) is 2.79. The summed E-state index contributed by atoms with van der Waals surface area (Å²) in [6.07, 6.45) is 1.43. The predicted octanol–water partition coefficient (Wildman–Crippen LogP) is 3.48. The van der Waals surface area contributed by atoms with Gasteiger partial charge in [0.1, 0.15) is 16.9 Å². The van der Waals surface area contributed by atoms with Crippen molar-refractivity contribution in [2.24, 2.45) is 15.9 Å². The Morgan fingerprint density at radius 3 is 2.43 bits per heavy atom. The number of nitroso groups, excluding NO2 is 1. The Labute approximate surface area is 174 Å². The molecule has 0 saturated heterocycles. The zero-order valence-electron chi connectivity index (χ0n) is 16.3. The maximum absolute atomic E-state index is 13.1. The monoisotopic (exact) mass is 419 g/mol. The van der Waals surface area contributed by atoms with Crippen LogP contribution in [0.1, 0.15) is 12.5 Å². The summed E-state index contributed by atoms with van der Waals surface area (Å²) in [6, 6.07) is 14.9. The second-order valence-electron chi connectivity index (χ2n) is 6.47. The molecule has 1 heterocycles. The third kappa shape index (κ3) is 4.12. The predicted molar refractivity (Wildman–Crippen MR) is 117 cm³/mol. The van der Waals surface area contributed by atoms with Crippen molar-refractivity contribution in [3.8, 4) is 11.8 Å². The summed E-state index contributed by atoms with van der Waals surface area (Å²) in [5.41, 5.74) is 7.89. The number of phenols is 1. The van der Waals surface area contributed by atoms with Gasteiger partial charge in [-0.3, -0.25) is 9.69 Å². The number of hydrogen-bond acceptors (Lipinski definition) is 7. The Morgan fingerprint density at radius 2 is 1.87 bits per heavy atom. The van der Waals surface area contributed by atoms with Crippen molar-refractivity contribution in [1.29, 1.82) is 5.26 Å². The van der Waals surface area contributed by atoms with Crippen molar-refractivity contribution in [1.82, 2.24) is 4.90 Å². The quantitative estimate of drug-likeness (QED) is 0.435. The van der Waals surface area contributed by atoms with Gasteiger partial charge in [-0.2, -0.15) is 5.26 Å². The zero-order chi connectivity index (χ0) is 21.8. The SMILES string of the molecule is C/C(C#N)=C1/N=C(P(C)c2ccc(O)cc2)C(=O)N1/C=C(\N)c1ccc(N=O)cc1. The second kappa shape index (κ2) is 8.68. The summed E-state index contributed by atoms with van der Waals surface area (Å²) < 4.78 is 0. The van der Waals surface area contributed by atoms with Gasteiger partial charge in [0.15, 0.2) is 5.82 Å². The number of hydrogen-bond donors (Lipinski definition) is 2. The molecule has 1 aliphatic heterocycles. The van der Waals surface area contributed by atoms with Gasteiger partial charge < -0.3 is 10.8 Å². The molecule has 0 saturated carbocycles. The van der Waals surface area contributed by atoms with Crippen LogP contribution >= 0.6 is 7.92 Å². The van der Waals surface area contributed by atoms with E-state index in [0.717, 1.165) is 5.30 Å². The number of phenolic OH excluding ortho intramolecular Hbond substituents is 1. The van der Waals surface area contributed by atoms with Gasteiger partial charge in [0.25, 0.3) is 5.91 Å². The lowest BCUT2D eigenvalue weighted by molar-refractivity contribution is -0.119. The van der Waals surface area contributed by atoms with Crippen molar-refractivity contribution >= 4 is 36.0 Å². The normalized spacial score (nSPS) is 16.7. The molecule has 150 valence electrons. The molecule has 3 N–H and O–H groups in total. The molecule has 0 fully saturated rings. The molecule has 1 aliphatic rings. The van der Waals surface area contributed by atoms with Gasteiger partial charge in [-0.15, -0.1) is 4.91 Å². The number of rotatable bonds is 5. The number of carbonyl (C=O) groups is 1. The topological polar surface area (TPSA) is 132 Å². The Hall–Kier alpha value is -3.82. The van der Waals surface area contributed by atoms with E-state index in [1.807, 2.05) is 12.7 Å². The highest BCUT2D eigenvalue weighted by Crippen LogP contribution is 2.38. The zero-order valence-corrected chi connectivity index (χ0v) is 17.2. The number of benzene rings is 2. The average Bonchev–Trinajstić information content (AvgIpc) is 3.09. The summed E-state index contributed by atoms with van der Waals surface area (Å²) >= 11 is 0. The molecule has 1 unspecified atom stereocenters. The van der Waals surface area contributed by atoms with Crippen LogP contribution in [0, 0.1) is 16.2 Å². The highest BCUT2D eigenvalue weighted by molar-refractivity contribution is 7.83. The summed E-state index contributed by atoms with van der Waals surface area (Å²) in [7, 11) is -1.11. The Morgan fingerprint density at radius 1 is 1.23 bits per heavy atom. The van der Waals surface area contributed by atoms with E-state index >= 15 is 0 Å². The first-order valence-corrected chi connectivity index (χ1v) is 10.6. The molecule has 0 aromatic heterocycles. The number of nitrogens with zero attached hydrogens (tertiary/aromatic N) is 4. The summed E-state index contributed by atoms with van der Waals surface area (Å²) in [6.45, 7) is 3.47. The molecule has 30 heavy (non-hydrogen) atoms. The lowest BCUT2D eigenvalue weighted by Gasteiger charge is -2.16. The fraction of sp³-hybridized carbons (Fsp3) is 0.0952. The number of aliphatic imine (C=N–C) groups is 1. The minimum absolute atomic E-state index is 0.135. The molecule has 3 rings (SSSR count). The molecule has 0 bridgehead atoms. The van der Waals surface area contributed by atoms with Crippen LogP contribution in [-0.4, -0.2) is 28.0 Å². The fourth-order valence-corrected chi connectivity index (χ4v) is 4.27. The van der Waals surface area contributed by atoms with Crippen LogP contribution in [0.4, 0.5) is 5.69 Å². The molecule has 0 aliphatic carbocycles. The standard InChI is InChI=1S/C21H18N5O3P/c1-13(11-22)19-24-20(30(2)17-9-7-16(27)8-10-17)21(28)26(19)12-18(23)14-3-5-15(25-29)6-4-14/h3-10,12,27H,23H2,1-2H3/b18-12-,19-13+. The first-order valence-electron chi connectivity index (χ1n) is 8.82. The van der Waals surface area contributed by atoms with E-state index in [1.54, 1.807) is 43.3 Å². The van der Waals surface area contributed by atoms with Crippen LogP contribution in [0.3, 0.4) is 0 Å². The van der Waals surface area contributed by atoms with Crippen molar-refractivity contribution in [2.45, 2.75) is 6.92 Å². The van der Waals surface area contributed by atoms with Crippen LogP contribution in [0.25, 0.3) is 5.70 Å². The van der Waals surface area contributed by atoms with E-state index in [1.165, 1.54) is 23.2 Å². The van der Waals surface area contributed by atoms with E-state index in [2.05, 4.69) is 10.2 Å². The van der Waals surface area contributed by atoms with Gasteiger partial charge in [-0.25, -0.2) is 4.99 Å². The van der Waals surface area contributed by atoms with E-state index in [-0.39, 0.29) is 34.4 Å². The Balaban J connectivity index is 1.98. The average molecular weight is 419 g/mol. The lowest BCUT2D eigenvalue weighted by Crippen LogP contribution is -2.26. The largest absolute Gasteiger partial charge is 0.508 e. The van der Waals surface area contributed by atoms with Crippen LogP contribution in [0.15, 0.2) is 76.3 Å².